The van der Waals surface area contributed by atoms with Gasteiger partial charge in [0.2, 0.25) is 0 Å². The van der Waals surface area contributed by atoms with Crippen molar-refractivity contribution in [1.82, 2.24) is 0 Å². The Labute approximate surface area is 157 Å². The zero-order valence-electron chi connectivity index (χ0n) is 14.1. The van der Waals surface area contributed by atoms with Crippen LogP contribution in [0.15, 0.2) is 29.8 Å². The first-order valence-corrected chi connectivity index (χ1v) is 7.78. The summed E-state index contributed by atoms with van der Waals surface area (Å²) in [7, 11) is 0. The number of hydrogen-bond donors (Lipinski definition) is 2. The molecule has 12 heteroatoms. The van der Waals surface area contributed by atoms with Crippen molar-refractivity contribution in [3.05, 3.63) is 60.7 Å². The monoisotopic (exact) mass is 402 g/mol. The van der Waals surface area contributed by atoms with Gasteiger partial charge in [0.15, 0.2) is 0 Å². The number of esters is 1. The smallest absolute Gasteiger partial charge is 0.351 e. The van der Waals surface area contributed by atoms with E-state index in [1.54, 1.807) is 0 Å². The molecule has 2 atom stereocenters. The van der Waals surface area contributed by atoms with Gasteiger partial charge in [-0.1, -0.05) is 11.6 Å². The maximum absolute atomic E-state index is 12.3. The van der Waals surface area contributed by atoms with E-state index in [4.69, 9.17) is 16.3 Å². The van der Waals surface area contributed by atoms with Gasteiger partial charge in [0, 0.05) is 17.2 Å². The Morgan fingerprint density at radius 2 is 1.85 bits per heavy atom. The number of rotatable bonds is 8. The number of aliphatic hydroxyl groups is 2. The average Bonchev–Trinajstić information content (AvgIpc) is 2.53. The number of ether oxygens (including phenoxy) is 1. The normalized spacial score (nSPS) is 12.6. The van der Waals surface area contributed by atoms with Gasteiger partial charge in [0.25, 0.3) is 5.69 Å². The quantitative estimate of drug-likeness (QED) is 0.218. The lowest BCUT2D eigenvalue weighted by molar-refractivity contribution is -0.436. The highest BCUT2D eigenvalue weighted by Gasteiger charge is 2.46. The Bertz CT molecular complexity index is 818. The second-order valence-corrected chi connectivity index (χ2v) is 5.65. The van der Waals surface area contributed by atoms with Crippen molar-refractivity contribution in [3.63, 3.8) is 0 Å². The minimum atomic E-state index is -1.94. The molecular weight excluding hydrogens is 388 g/mol. The maximum atomic E-state index is 12.3. The number of nitro benzene ring substituents is 1. The number of Topliss-reactive ketones (excluding diaryl/α,β-unsaturated/α-hetero) is 1. The molecule has 2 N–H and O–H groups in total. The van der Waals surface area contributed by atoms with Crippen molar-refractivity contribution in [1.29, 1.82) is 0 Å². The fourth-order valence-electron chi connectivity index (χ4n) is 2.47. The van der Waals surface area contributed by atoms with Gasteiger partial charge in [-0.25, -0.2) is 0 Å². The first kappa shape index (κ1) is 21.8. The molecule has 146 valence electrons. The van der Waals surface area contributed by atoms with E-state index in [9.17, 15) is 40.0 Å². The van der Waals surface area contributed by atoms with Crippen molar-refractivity contribution in [2.75, 3.05) is 6.61 Å². The lowest BCUT2D eigenvalue weighted by atomic mass is 9.81. The van der Waals surface area contributed by atoms with E-state index >= 15 is 0 Å². The molecule has 2 unspecified atom stereocenters. The second kappa shape index (κ2) is 8.94. The van der Waals surface area contributed by atoms with Crippen LogP contribution in [-0.2, 0) is 14.3 Å². The summed E-state index contributed by atoms with van der Waals surface area (Å²) in [6, 6.07) is 2.86. The third-order valence-corrected chi connectivity index (χ3v) is 3.90. The number of carbonyl (C=O) groups is 2. The number of carbonyl (C=O) groups excluding carboxylic acids is 2. The summed E-state index contributed by atoms with van der Waals surface area (Å²) in [6.07, 6.45) is 0. The van der Waals surface area contributed by atoms with E-state index in [-0.39, 0.29) is 17.2 Å². The zero-order chi connectivity index (χ0) is 20.9. The third kappa shape index (κ3) is 4.91. The van der Waals surface area contributed by atoms with E-state index in [0.717, 1.165) is 25.1 Å². The van der Waals surface area contributed by atoms with Crippen LogP contribution >= 0.6 is 11.6 Å². The number of nitrogens with zero attached hydrogens (tertiary/aromatic N) is 2. The molecule has 0 aliphatic heterocycles. The van der Waals surface area contributed by atoms with E-state index in [2.05, 4.69) is 0 Å². The van der Waals surface area contributed by atoms with Gasteiger partial charge >= 0.3 is 17.6 Å². The summed E-state index contributed by atoms with van der Waals surface area (Å²) >= 11 is 5.99. The summed E-state index contributed by atoms with van der Waals surface area (Å²) in [4.78, 5) is 44.7. The lowest BCUT2D eigenvalue weighted by Gasteiger charge is -2.22. The van der Waals surface area contributed by atoms with Gasteiger partial charge in [-0.15, -0.1) is 0 Å². The predicted octanol–water partition coefficient (Wildman–Crippen LogP) is 2.66. The van der Waals surface area contributed by atoms with Gasteiger partial charge in [-0.05, 0) is 25.5 Å². The van der Waals surface area contributed by atoms with Gasteiger partial charge in [0.1, 0.15) is 17.6 Å². The zero-order valence-corrected chi connectivity index (χ0v) is 14.9. The fourth-order valence-corrected chi connectivity index (χ4v) is 2.71. The summed E-state index contributed by atoms with van der Waals surface area (Å²) in [6.45, 7) is 2.20. The van der Waals surface area contributed by atoms with Crippen LogP contribution in [0.3, 0.4) is 0 Å². The largest absolute Gasteiger partial charge is 0.476 e. The first-order chi connectivity index (χ1) is 12.5. The molecule has 0 saturated heterocycles. The molecule has 1 aromatic carbocycles. The van der Waals surface area contributed by atoms with Gasteiger partial charge < -0.3 is 14.9 Å². The van der Waals surface area contributed by atoms with Crippen molar-refractivity contribution in [3.8, 4) is 0 Å². The van der Waals surface area contributed by atoms with Crippen LogP contribution < -0.4 is 0 Å². The Hall–Kier alpha value is -3.21. The van der Waals surface area contributed by atoms with Crippen LogP contribution in [-0.4, -0.2) is 38.4 Å². The predicted molar refractivity (Wildman–Crippen MR) is 90.9 cm³/mol. The molecule has 0 radical (unpaired) electrons. The van der Waals surface area contributed by atoms with Crippen LogP contribution in [0.1, 0.15) is 25.3 Å². The fraction of sp³-hybridized carbons (Fsp3) is 0.333. The lowest BCUT2D eigenvalue weighted by Crippen LogP contribution is -2.34. The number of aliphatic hydroxyl groups excluding tert-OH is 1. The Kier molecular flexibility index (Phi) is 7.23. The van der Waals surface area contributed by atoms with Crippen LogP contribution in [0.2, 0.25) is 5.02 Å². The topological polar surface area (TPSA) is 170 Å². The van der Waals surface area contributed by atoms with Gasteiger partial charge in [-0.3, -0.25) is 29.8 Å². The SMILES string of the molecule is CCOC(=O)C(C(C)=O)C(C(=C(O)O)[N+](=O)[O-])c1cc([N+](=O)[O-])ccc1Cl. The Morgan fingerprint density at radius 1 is 1.26 bits per heavy atom. The number of non-ortho nitro benzene ring substituents is 1. The van der Waals surface area contributed by atoms with E-state index in [0.29, 0.717) is 0 Å². The van der Waals surface area contributed by atoms with Gasteiger partial charge in [-0.2, -0.15) is 0 Å². The summed E-state index contributed by atoms with van der Waals surface area (Å²) < 4.78 is 4.75. The number of hydrogen-bond acceptors (Lipinski definition) is 9. The number of halogens is 1. The molecule has 0 saturated carbocycles. The molecule has 0 bridgehead atoms. The number of nitro groups is 2. The van der Waals surface area contributed by atoms with Crippen LogP contribution in [0.5, 0.6) is 0 Å². The molecule has 0 aromatic heterocycles. The summed E-state index contributed by atoms with van der Waals surface area (Å²) in [5, 5.41) is 40.9. The van der Waals surface area contributed by atoms with Crippen molar-refractivity contribution in [2.45, 2.75) is 19.8 Å². The first-order valence-electron chi connectivity index (χ1n) is 7.40. The minimum absolute atomic E-state index is 0.166. The van der Waals surface area contributed by atoms with Crippen molar-refractivity contribution < 1.29 is 34.4 Å². The van der Waals surface area contributed by atoms with Crippen LogP contribution in [0.25, 0.3) is 0 Å². The van der Waals surface area contributed by atoms with Gasteiger partial charge in [0.05, 0.1) is 16.5 Å². The number of allylic oxidation sites excluding steroid dienone is 1. The van der Waals surface area contributed by atoms with E-state index < -0.39 is 50.8 Å². The number of benzene rings is 1. The Balaban J connectivity index is 3.85. The average molecular weight is 403 g/mol. The minimum Gasteiger partial charge on any atom is -0.476 e. The second-order valence-electron chi connectivity index (χ2n) is 5.25. The summed E-state index contributed by atoms with van der Waals surface area (Å²) in [5.74, 6) is -7.68. The molecule has 0 fully saturated rings. The standard InChI is InChI=1S/C15H15ClN2O9/c1-3-27-15(22)11(7(2)19)12(13(14(20)21)18(25)26)9-6-8(17(23)24)4-5-10(9)16/h4-6,11-12,20-21H,3H2,1-2H3. The molecule has 0 aliphatic rings. The Morgan fingerprint density at radius 3 is 2.26 bits per heavy atom. The maximum Gasteiger partial charge on any atom is 0.351 e. The highest BCUT2D eigenvalue weighted by molar-refractivity contribution is 6.31. The molecule has 0 aliphatic carbocycles. The van der Waals surface area contributed by atoms with Crippen LogP contribution in [0.4, 0.5) is 5.69 Å². The molecule has 0 heterocycles. The molecule has 0 amide bonds. The van der Waals surface area contributed by atoms with E-state index in [1.165, 1.54) is 6.92 Å². The highest BCUT2D eigenvalue weighted by atomic mass is 35.5. The molecule has 11 nitrogen and oxygen atoms in total. The van der Waals surface area contributed by atoms with Crippen molar-refractivity contribution in [2.24, 2.45) is 5.92 Å². The molecular formula is C15H15ClN2O9. The number of ketones is 1. The van der Waals surface area contributed by atoms with Crippen molar-refractivity contribution >= 4 is 29.0 Å². The summed E-state index contributed by atoms with van der Waals surface area (Å²) in [5.41, 5.74) is -2.25. The highest BCUT2D eigenvalue weighted by Crippen LogP contribution is 2.40. The molecule has 27 heavy (non-hydrogen) atoms. The molecule has 1 aromatic rings. The van der Waals surface area contributed by atoms with Crippen LogP contribution in [0, 0.1) is 26.1 Å². The third-order valence-electron chi connectivity index (χ3n) is 3.56. The molecule has 1 rings (SSSR count). The molecule has 0 spiro atoms. The van der Waals surface area contributed by atoms with E-state index in [1.807, 2.05) is 0 Å².